The summed E-state index contributed by atoms with van der Waals surface area (Å²) in [4.78, 5) is 0. The van der Waals surface area contributed by atoms with Crippen LogP contribution in [0.25, 0.3) is 0 Å². The van der Waals surface area contributed by atoms with Gasteiger partial charge in [-0.05, 0) is 6.92 Å². The van der Waals surface area contributed by atoms with Crippen molar-refractivity contribution in [3.8, 4) is 0 Å². The van der Waals surface area contributed by atoms with Crippen LogP contribution in [-0.4, -0.2) is 11.7 Å². The molecular formula is C4H6O. The van der Waals surface area contributed by atoms with E-state index in [1.165, 1.54) is 12.2 Å². The van der Waals surface area contributed by atoms with Crippen molar-refractivity contribution in [2.24, 2.45) is 0 Å². The van der Waals surface area contributed by atoms with Gasteiger partial charge in [-0.1, -0.05) is 12.2 Å². The normalized spacial score (nSPS) is 10.0. The number of hydrogen-bond donors (Lipinski definition) is 1. The molecule has 0 amide bonds. The summed E-state index contributed by atoms with van der Waals surface area (Å²) >= 11 is 0. The molecule has 0 aromatic carbocycles. The lowest BCUT2D eigenvalue weighted by Gasteiger charge is -1.66. The molecule has 0 fully saturated rings. The van der Waals surface area contributed by atoms with E-state index < -0.39 is 0 Å². The highest BCUT2D eigenvalue weighted by Crippen LogP contribution is 1.59. The maximum absolute atomic E-state index is 7.90. The lowest BCUT2D eigenvalue weighted by molar-refractivity contribution is 0.343. The highest BCUT2D eigenvalue weighted by atomic mass is 16.2. The van der Waals surface area contributed by atoms with Gasteiger partial charge in [-0.25, -0.2) is 0 Å². The molecule has 0 aliphatic carbocycles. The number of allylic oxidation sites excluding steroid dienone is 1. The van der Waals surface area contributed by atoms with Crippen LogP contribution < -0.4 is 0 Å². The summed E-state index contributed by atoms with van der Waals surface area (Å²) in [6.45, 7) is 4.84. The van der Waals surface area contributed by atoms with E-state index in [4.69, 9.17) is 12.0 Å². The van der Waals surface area contributed by atoms with Crippen LogP contribution in [0, 0.1) is 6.92 Å². The van der Waals surface area contributed by atoms with Gasteiger partial charge >= 0.3 is 0 Å². The molecule has 1 nitrogen and oxygen atoms in total. The van der Waals surface area contributed by atoms with Gasteiger partial charge in [-0.2, -0.15) is 0 Å². The highest BCUT2D eigenvalue weighted by molar-refractivity contribution is 4.82. The SMILES string of the molecule is [CH]/C=C/CO. The average molecular weight is 70.1 g/mol. The highest BCUT2D eigenvalue weighted by Gasteiger charge is 1.53. The van der Waals surface area contributed by atoms with Crippen LogP contribution in [0.1, 0.15) is 0 Å². The monoisotopic (exact) mass is 70.0 g/mol. The summed E-state index contributed by atoms with van der Waals surface area (Å²) in [6, 6.07) is 0. The Hall–Kier alpha value is -0.300. The van der Waals surface area contributed by atoms with Crippen molar-refractivity contribution in [3.05, 3.63) is 19.1 Å². The van der Waals surface area contributed by atoms with E-state index in [9.17, 15) is 0 Å². The molecule has 0 unspecified atom stereocenters. The van der Waals surface area contributed by atoms with Crippen LogP contribution in [-0.2, 0) is 0 Å². The predicted molar refractivity (Wildman–Crippen MR) is 20.5 cm³/mol. The Labute approximate surface area is 31.9 Å². The molecule has 0 rings (SSSR count). The van der Waals surface area contributed by atoms with Crippen molar-refractivity contribution in [1.29, 1.82) is 0 Å². The molecule has 1 N–H and O–H groups in total. The van der Waals surface area contributed by atoms with Gasteiger partial charge in [-0.3, -0.25) is 0 Å². The number of aliphatic hydroxyl groups excluding tert-OH is 1. The van der Waals surface area contributed by atoms with Crippen LogP contribution in [0.15, 0.2) is 12.2 Å². The second-order valence-electron chi connectivity index (χ2n) is 0.611. The first kappa shape index (κ1) is 4.70. The third-order valence-corrected chi connectivity index (χ3v) is 0.241. The van der Waals surface area contributed by atoms with Gasteiger partial charge in [0.25, 0.3) is 0 Å². The Morgan fingerprint density at radius 2 is 2.40 bits per heavy atom. The summed E-state index contributed by atoms with van der Waals surface area (Å²) in [5.74, 6) is 0. The standard InChI is InChI=1S/C4H6O/c1-2-3-4-5/h1-3,5H,4H2/b3-2+. The van der Waals surface area contributed by atoms with Crippen molar-refractivity contribution >= 4 is 0 Å². The van der Waals surface area contributed by atoms with Crippen molar-refractivity contribution in [1.82, 2.24) is 0 Å². The Morgan fingerprint density at radius 1 is 1.80 bits per heavy atom. The maximum Gasteiger partial charge on any atom is 0.0612 e. The number of rotatable bonds is 1. The van der Waals surface area contributed by atoms with Gasteiger partial charge in [-0.15, -0.1) is 0 Å². The van der Waals surface area contributed by atoms with Gasteiger partial charge in [0.05, 0.1) is 6.61 Å². The number of hydrogen-bond acceptors (Lipinski definition) is 1. The molecule has 0 aliphatic rings. The van der Waals surface area contributed by atoms with E-state index in [0.29, 0.717) is 0 Å². The summed E-state index contributed by atoms with van der Waals surface area (Å²) in [6.07, 6.45) is 2.76. The largest absolute Gasteiger partial charge is 0.392 e. The van der Waals surface area contributed by atoms with E-state index in [1.807, 2.05) is 0 Å². The van der Waals surface area contributed by atoms with Crippen LogP contribution in [0.2, 0.25) is 0 Å². The summed E-state index contributed by atoms with van der Waals surface area (Å²) < 4.78 is 0. The van der Waals surface area contributed by atoms with Gasteiger partial charge < -0.3 is 5.11 Å². The van der Waals surface area contributed by atoms with Crippen molar-refractivity contribution in [2.45, 2.75) is 0 Å². The minimum absolute atomic E-state index is 0.0382. The molecule has 0 aromatic rings. The molecule has 5 heavy (non-hydrogen) atoms. The first-order chi connectivity index (χ1) is 2.41. The summed E-state index contributed by atoms with van der Waals surface area (Å²) in [5.41, 5.74) is 0. The fourth-order valence-electron chi connectivity index (χ4n) is 0.0609. The minimum Gasteiger partial charge on any atom is -0.392 e. The smallest absolute Gasteiger partial charge is 0.0612 e. The van der Waals surface area contributed by atoms with E-state index in [-0.39, 0.29) is 6.61 Å². The molecule has 28 valence electrons. The second kappa shape index (κ2) is 3.70. The van der Waals surface area contributed by atoms with Gasteiger partial charge in [0.1, 0.15) is 0 Å². The molecule has 0 heterocycles. The molecule has 0 bridgehead atoms. The fourth-order valence-corrected chi connectivity index (χ4v) is 0.0609. The molecular weight excluding hydrogens is 64.0 g/mol. The van der Waals surface area contributed by atoms with Crippen molar-refractivity contribution in [2.75, 3.05) is 6.61 Å². The molecule has 0 aliphatic heterocycles. The van der Waals surface area contributed by atoms with Crippen LogP contribution in [0.3, 0.4) is 0 Å². The second-order valence-corrected chi connectivity index (χ2v) is 0.611. The zero-order valence-corrected chi connectivity index (χ0v) is 2.89. The first-order valence-corrected chi connectivity index (χ1v) is 1.39. The minimum atomic E-state index is 0.0382. The molecule has 0 saturated heterocycles. The lowest BCUT2D eigenvalue weighted by atomic mass is 10.6. The van der Waals surface area contributed by atoms with Crippen LogP contribution in [0.5, 0.6) is 0 Å². The third-order valence-electron chi connectivity index (χ3n) is 0.241. The first-order valence-electron chi connectivity index (χ1n) is 1.39. The fraction of sp³-hybridized carbons (Fsp3) is 0.250. The maximum atomic E-state index is 7.90. The Morgan fingerprint density at radius 3 is 2.40 bits per heavy atom. The zero-order valence-electron chi connectivity index (χ0n) is 2.89. The topological polar surface area (TPSA) is 20.2 Å². The van der Waals surface area contributed by atoms with Gasteiger partial charge in [0.15, 0.2) is 0 Å². The van der Waals surface area contributed by atoms with E-state index in [1.54, 1.807) is 0 Å². The summed E-state index contributed by atoms with van der Waals surface area (Å²) in [7, 11) is 0. The van der Waals surface area contributed by atoms with E-state index >= 15 is 0 Å². The van der Waals surface area contributed by atoms with Crippen molar-refractivity contribution in [3.63, 3.8) is 0 Å². The van der Waals surface area contributed by atoms with Crippen LogP contribution in [0.4, 0.5) is 0 Å². The van der Waals surface area contributed by atoms with Crippen LogP contribution >= 0.6 is 0 Å². The summed E-state index contributed by atoms with van der Waals surface area (Å²) in [5, 5.41) is 7.90. The molecule has 1 heteroatoms. The molecule has 2 radical (unpaired) electrons. The van der Waals surface area contributed by atoms with E-state index in [0.717, 1.165) is 0 Å². The Kier molecular flexibility index (Phi) is 3.48. The molecule has 0 saturated carbocycles. The van der Waals surface area contributed by atoms with Gasteiger partial charge in [0.2, 0.25) is 0 Å². The molecule has 0 atom stereocenters. The molecule has 0 spiro atoms. The third kappa shape index (κ3) is 3.70. The Bertz CT molecular complexity index is 30.6. The molecule has 0 aromatic heterocycles. The predicted octanol–water partition coefficient (Wildman–Crippen LogP) is 0.246. The number of aliphatic hydroxyl groups is 1. The Balaban J connectivity index is 2.62. The lowest BCUT2D eigenvalue weighted by Crippen LogP contribution is -1.65. The average Bonchev–Trinajstić information content (AvgIpc) is 1.41. The zero-order chi connectivity index (χ0) is 4.12. The van der Waals surface area contributed by atoms with Gasteiger partial charge in [0, 0.05) is 0 Å². The van der Waals surface area contributed by atoms with E-state index in [2.05, 4.69) is 0 Å². The van der Waals surface area contributed by atoms with Crippen molar-refractivity contribution < 1.29 is 5.11 Å². The quantitative estimate of drug-likeness (QED) is 0.468.